The van der Waals surface area contributed by atoms with E-state index in [2.05, 4.69) is 15.4 Å². The molecule has 140 valence electrons. The Balaban J connectivity index is 1.73. The first kappa shape index (κ1) is 19.2. The van der Waals surface area contributed by atoms with Gasteiger partial charge < -0.3 is 24.5 Å². The van der Waals surface area contributed by atoms with Crippen LogP contribution in [0, 0.1) is 6.92 Å². The zero-order valence-electron chi connectivity index (χ0n) is 15.6. The van der Waals surface area contributed by atoms with E-state index in [0.29, 0.717) is 25.3 Å². The lowest BCUT2D eigenvalue weighted by Crippen LogP contribution is -2.41. The van der Waals surface area contributed by atoms with Gasteiger partial charge in [0.2, 0.25) is 5.91 Å². The van der Waals surface area contributed by atoms with Crippen molar-refractivity contribution in [2.24, 2.45) is 0 Å². The number of amides is 3. The lowest BCUT2D eigenvalue weighted by molar-refractivity contribution is -0.129. The summed E-state index contributed by atoms with van der Waals surface area (Å²) in [6, 6.07) is 1.88. The average Bonchev–Trinajstić information content (AvgIpc) is 3.11. The van der Waals surface area contributed by atoms with E-state index in [4.69, 9.17) is 4.52 Å². The first-order chi connectivity index (χ1) is 11.9. The molecule has 1 fully saturated rings. The number of aromatic nitrogens is 1. The predicted octanol–water partition coefficient (Wildman–Crippen LogP) is 1.07. The summed E-state index contributed by atoms with van der Waals surface area (Å²) in [4.78, 5) is 29.7. The maximum Gasteiger partial charge on any atom is 0.317 e. The monoisotopic (exact) mass is 351 g/mol. The van der Waals surface area contributed by atoms with Crippen molar-refractivity contribution in [2.75, 3.05) is 40.8 Å². The fourth-order valence-electron chi connectivity index (χ4n) is 2.99. The van der Waals surface area contributed by atoms with Gasteiger partial charge in [-0.1, -0.05) is 5.16 Å². The quantitative estimate of drug-likeness (QED) is 0.757. The Morgan fingerprint density at radius 2 is 2.20 bits per heavy atom. The molecule has 2 heterocycles. The Morgan fingerprint density at radius 1 is 1.44 bits per heavy atom. The van der Waals surface area contributed by atoms with Gasteiger partial charge in [-0.2, -0.15) is 0 Å². The van der Waals surface area contributed by atoms with Crippen LogP contribution in [0.3, 0.4) is 0 Å². The lowest BCUT2D eigenvalue weighted by atomic mass is 10.1. The Kier molecular flexibility index (Phi) is 6.81. The van der Waals surface area contributed by atoms with E-state index in [1.165, 1.54) is 0 Å². The van der Waals surface area contributed by atoms with Crippen molar-refractivity contribution in [2.45, 2.75) is 38.8 Å². The van der Waals surface area contributed by atoms with E-state index >= 15 is 0 Å². The molecule has 1 atom stereocenters. The number of likely N-dealkylation sites (N-methyl/N-ethyl adjacent to an activating group) is 1. The molecule has 0 bridgehead atoms. The molecule has 8 nitrogen and oxygen atoms in total. The molecule has 0 spiro atoms. The van der Waals surface area contributed by atoms with E-state index in [0.717, 1.165) is 31.6 Å². The summed E-state index contributed by atoms with van der Waals surface area (Å²) >= 11 is 0. The molecule has 25 heavy (non-hydrogen) atoms. The van der Waals surface area contributed by atoms with Crippen LogP contribution in [0.5, 0.6) is 0 Å². The topological polar surface area (TPSA) is 81.9 Å². The van der Waals surface area contributed by atoms with Crippen LogP contribution >= 0.6 is 0 Å². The van der Waals surface area contributed by atoms with Crippen LogP contribution in [0.15, 0.2) is 10.6 Å². The number of hydrogen-bond acceptors (Lipinski definition) is 5. The second-order valence-corrected chi connectivity index (χ2v) is 6.89. The molecular formula is C17H29N5O3. The molecule has 1 aliphatic rings. The zero-order valence-corrected chi connectivity index (χ0v) is 15.6. The minimum Gasteiger partial charge on any atom is -0.359 e. The Hall–Kier alpha value is -2.09. The summed E-state index contributed by atoms with van der Waals surface area (Å²) in [5.41, 5.74) is 0.799. The van der Waals surface area contributed by atoms with Gasteiger partial charge in [0.05, 0.1) is 12.2 Å². The van der Waals surface area contributed by atoms with Gasteiger partial charge in [0.1, 0.15) is 0 Å². The molecule has 8 heteroatoms. The molecule has 1 aromatic rings. The number of carbonyl (C=O) groups excluding carboxylic acids is 2. The summed E-state index contributed by atoms with van der Waals surface area (Å²) in [5.74, 6) is 0.877. The number of nitrogens with zero attached hydrogens (tertiary/aromatic N) is 4. The Labute approximate surface area is 149 Å². The highest BCUT2D eigenvalue weighted by Crippen LogP contribution is 2.20. The minimum absolute atomic E-state index is 0.154. The van der Waals surface area contributed by atoms with Gasteiger partial charge in [-0.25, -0.2) is 4.79 Å². The van der Waals surface area contributed by atoms with E-state index in [1.807, 2.05) is 32.0 Å². The molecule has 2 rings (SSSR count). The highest BCUT2D eigenvalue weighted by atomic mass is 16.5. The van der Waals surface area contributed by atoms with Gasteiger partial charge in [0.15, 0.2) is 5.76 Å². The molecule has 1 aromatic heterocycles. The van der Waals surface area contributed by atoms with E-state index < -0.39 is 0 Å². The van der Waals surface area contributed by atoms with Gasteiger partial charge in [0, 0.05) is 45.2 Å². The smallest absolute Gasteiger partial charge is 0.317 e. The SMILES string of the molecule is Cc1cc(CN(C)C(=O)NCCC2CCC(=O)N2CCN(C)C)on1. The third kappa shape index (κ3) is 5.74. The van der Waals surface area contributed by atoms with Crippen LogP contribution < -0.4 is 5.32 Å². The van der Waals surface area contributed by atoms with Crippen molar-refractivity contribution in [3.05, 3.63) is 17.5 Å². The molecule has 0 aromatic carbocycles. The zero-order chi connectivity index (χ0) is 18.4. The summed E-state index contributed by atoms with van der Waals surface area (Å²) in [5, 5.41) is 6.73. The fraction of sp³-hybridized carbons (Fsp3) is 0.706. The number of urea groups is 1. The highest BCUT2D eigenvalue weighted by Gasteiger charge is 2.30. The predicted molar refractivity (Wildman–Crippen MR) is 94.0 cm³/mol. The van der Waals surface area contributed by atoms with Gasteiger partial charge in [-0.05, 0) is 33.9 Å². The summed E-state index contributed by atoms with van der Waals surface area (Å²) in [6.45, 7) is 4.37. The number of likely N-dealkylation sites (tertiary alicyclic amines) is 1. The van der Waals surface area contributed by atoms with Gasteiger partial charge in [-0.3, -0.25) is 4.79 Å². The molecule has 0 radical (unpaired) electrons. The van der Waals surface area contributed by atoms with Crippen molar-refractivity contribution in [1.82, 2.24) is 25.2 Å². The second kappa shape index (κ2) is 8.84. The molecule has 1 N–H and O–H groups in total. The average molecular weight is 351 g/mol. The number of aryl methyl sites for hydroxylation is 1. The standard InChI is InChI=1S/C17H29N5O3/c1-13-11-15(25-19-13)12-21(4)17(24)18-8-7-14-5-6-16(23)22(14)10-9-20(2)3/h11,14H,5-10,12H2,1-4H3,(H,18,24). The van der Waals surface area contributed by atoms with Crippen LogP contribution in [0.2, 0.25) is 0 Å². The largest absolute Gasteiger partial charge is 0.359 e. The van der Waals surface area contributed by atoms with Gasteiger partial charge in [-0.15, -0.1) is 0 Å². The van der Waals surface area contributed by atoms with Gasteiger partial charge >= 0.3 is 6.03 Å². The van der Waals surface area contributed by atoms with Crippen molar-refractivity contribution in [1.29, 1.82) is 0 Å². The molecule has 0 saturated carbocycles. The first-order valence-corrected chi connectivity index (χ1v) is 8.72. The molecule has 1 saturated heterocycles. The third-order valence-electron chi connectivity index (χ3n) is 4.41. The first-order valence-electron chi connectivity index (χ1n) is 8.72. The van der Waals surface area contributed by atoms with Crippen molar-refractivity contribution < 1.29 is 14.1 Å². The Bertz CT molecular complexity index is 587. The maximum absolute atomic E-state index is 12.2. The van der Waals surface area contributed by atoms with E-state index in [-0.39, 0.29) is 18.0 Å². The van der Waals surface area contributed by atoms with E-state index in [1.54, 1.807) is 11.9 Å². The van der Waals surface area contributed by atoms with Crippen LogP contribution in [0.1, 0.15) is 30.7 Å². The van der Waals surface area contributed by atoms with Crippen molar-refractivity contribution in [3.8, 4) is 0 Å². The van der Waals surface area contributed by atoms with Crippen LogP contribution in [-0.4, -0.2) is 78.6 Å². The van der Waals surface area contributed by atoms with Crippen molar-refractivity contribution in [3.63, 3.8) is 0 Å². The number of nitrogens with one attached hydrogen (secondary N) is 1. The summed E-state index contributed by atoms with van der Waals surface area (Å²) in [7, 11) is 5.72. The molecular weight excluding hydrogens is 322 g/mol. The number of hydrogen-bond donors (Lipinski definition) is 1. The molecule has 1 unspecified atom stereocenters. The second-order valence-electron chi connectivity index (χ2n) is 6.89. The lowest BCUT2D eigenvalue weighted by Gasteiger charge is -2.26. The maximum atomic E-state index is 12.2. The van der Waals surface area contributed by atoms with Crippen LogP contribution in [0.25, 0.3) is 0 Å². The number of rotatable bonds is 8. The van der Waals surface area contributed by atoms with Gasteiger partial charge in [0.25, 0.3) is 0 Å². The molecule has 0 aliphatic carbocycles. The summed E-state index contributed by atoms with van der Waals surface area (Å²) in [6.07, 6.45) is 2.26. The molecule has 1 aliphatic heterocycles. The van der Waals surface area contributed by atoms with E-state index in [9.17, 15) is 9.59 Å². The third-order valence-corrected chi connectivity index (χ3v) is 4.41. The van der Waals surface area contributed by atoms with Crippen molar-refractivity contribution >= 4 is 11.9 Å². The normalized spacial score (nSPS) is 17.4. The highest BCUT2D eigenvalue weighted by molar-refractivity contribution is 5.78. The fourth-order valence-corrected chi connectivity index (χ4v) is 2.99. The molecule has 3 amide bonds. The minimum atomic E-state index is -0.154. The Morgan fingerprint density at radius 3 is 2.84 bits per heavy atom. The van der Waals surface area contributed by atoms with Crippen LogP contribution in [-0.2, 0) is 11.3 Å². The summed E-state index contributed by atoms with van der Waals surface area (Å²) < 4.78 is 5.12. The van der Waals surface area contributed by atoms with Crippen LogP contribution in [0.4, 0.5) is 4.79 Å². The number of carbonyl (C=O) groups is 2.